The molecule has 1 heterocycles. The summed E-state index contributed by atoms with van der Waals surface area (Å²) in [5.41, 5.74) is 1.02. The predicted octanol–water partition coefficient (Wildman–Crippen LogP) is 2.98. The number of nitrogens with zero attached hydrogens (tertiary/aromatic N) is 1. The van der Waals surface area contributed by atoms with Gasteiger partial charge in [0.25, 0.3) is 0 Å². The summed E-state index contributed by atoms with van der Waals surface area (Å²) in [6.45, 7) is 0.787. The molecule has 1 N–H and O–H groups in total. The van der Waals surface area contributed by atoms with Crippen molar-refractivity contribution in [2.24, 2.45) is 5.92 Å². The van der Waals surface area contributed by atoms with Crippen LogP contribution in [-0.2, 0) is 6.54 Å². The van der Waals surface area contributed by atoms with E-state index in [9.17, 15) is 0 Å². The van der Waals surface area contributed by atoms with Crippen molar-refractivity contribution in [3.8, 4) is 5.88 Å². The van der Waals surface area contributed by atoms with Crippen molar-refractivity contribution in [3.05, 3.63) is 23.9 Å². The monoisotopic (exact) mass is 268 g/mol. The van der Waals surface area contributed by atoms with E-state index in [1.807, 2.05) is 18.2 Å². The standard InChI is InChI=1S/C14H21ClN2O/c1-18-14-8-4-6-12(17-14)10-16-13-7-3-2-5-11(13)9-15/h4,6,8,11,13,16H,2-3,5,7,9-10H2,1H3. The van der Waals surface area contributed by atoms with Crippen LogP contribution in [0.2, 0.25) is 0 Å². The molecule has 0 radical (unpaired) electrons. The lowest BCUT2D eigenvalue weighted by Crippen LogP contribution is -2.39. The van der Waals surface area contributed by atoms with Crippen LogP contribution in [0.4, 0.5) is 0 Å². The van der Waals surface area contributed by atoms with Crippen molar-refractivity contribution in [3.63, 3.8) is 0 Å². The molecule has 1 aromatic heterocycles. The van der Waals surface area contributed by atoms with Crippen LogP contribution >= 0.6 is 11.6 Å². The topological polar surface area (TPSA) is 34.1 Å². The van der Waals surface area contributed by atoms with Gasteiger partial charge in [0.2, 0.25) is 5.88 Å². The van der Waals surface area contributed by atoms with Gasteiger partial charge in [0, 0.05) is 24.5 Å². The number of ether oxygens (including phenoxy) is 1. The second-order valence-corrected chi connectivity index (χ2v) is 5.17. The lowest BCUT2D eigenvalue weighted by atomic mass is 9.86. The largest absolute Gasteiger partial charge is 0.481 e. The minimum Gasteiger partial charge on any atom is -0.481 e. The van der Waals surface area contributed by atoms with Gasteiger partial charge in [-0.15, -0.1) is 11.6 Å². The van der Waals surface area contributed by atoms with Crippen LogP contribution in [0, 0.1) is 5.92 Å². The number of nitrogens with one attached hydrogen (secondary N) is 1. The summed E-state index contributed by atoms with van der Waals surface area (Å²) >= 11 is 6.03. The van der Waals surface area contributed by atoms with Gasteiger partial charge < -0.3 is 10.1 Å². The maximum absolute atomic E-state index is 6.03. The average Bonchev–Trinajstić information content (AvgIpc) is 2.45. The lowest BCUT2D eigenvalue weighted by molar-refractivity contribution is 0.281. The van der Waals surface area contributed by atoms with Crippen LogP contribution in [0.5, 0.6) is 5.88 Å². The number of hydrogen-bond acceptors (Lipinski definition) is 3. The molecule has 0 aliphatic heterocycles. The van der Waals surface area contributed by atoms with Gasteiger partial charge in [-0.3, -0.25) is 0 Å². The molecular weight excluding hydrogens is 248 g/mol. The third kappa shape index (κ3) is 3.59. The first-order valence-electron chi connectivity index (χ1n) is 6.62. The Morgan fingerprint density at radius 3 is 3.00 bits per heavy atom. The van der Waals surface area contributed by atoms with Crippen LogP contribution in [0.25, 0.3) is 0 Å². The number of halogens is 1. The second kappa shape index (κ2) is 6.95. The van der Waals surface area contributed by atoms with Crippen molar-refractivity contribution >= 4 is 11.6 Å². The fourth-order valence-corrected chi connectivity index (χ4v) is 2.94. The Labute approximate surface area is 114 Å². The summed E-state index contributed by atoms with van der Waals surface area (Å²) in [4.78, 5) is 4.41. The van der Waals surface area contributed by atoms with Crippen molar-refractivity contribution in [1.82, 2.24) is 10.3 Å². The normalized spacial score (nSPS) is 23.9. The Hall–Kier alpha value is -0.800. The van der Waals surface area contributed by atoms with Crippen LogP contribution < -0.4 is 10.1 Å². The van der Waals surface area contributed by atoms with Gasteiger partial charge in [-0.25, -0.2) is 4.98 Å². The zero-order valence-electron chi connectivity index (χ0n) is 10.9. The number of hydrogen-bond donors (Lipinski definition) is 1. The zero-order chi connectivity index (χ0) is 12.8. The van der Waals surface area contributed by atoms with Crippen LogP contribution in [0.3, 0.4) is 0 Å². The number of rotatable bonds is 5. The van der Waals surface area contributed by atoms with Gasteiger partial charge in [0.1, 0.15) is 0 Å². The van der Waals surface area contributed by atoms with Gasteiger partial charge >= 0.3 is 0 Å². The molecule has 2 atom stereocenters. The van der Waals surface area contributed by atoms with E-state index in [0.29, 0.717) is 17.8 Å². The van der Waals surface area contributed by atoms with E-state index in [-0.39, 0.29) is 0 Å². The Bertz CT molecular complexity index is 373. The van der Waals surface area contributed by atoms with Crippen molar-refractivity contribution in [2.45, 2.75) is 38.3 Å². The fourth-order valence-electron chi connectivity index (χ4n) is 2.57. The molecule has 0 saturated heterocycles. The third-order valence-corrected chi connectivity index (χ3v) is 4.04. The van der Waals surface area contributed by atoms with Gasteiger partial charge in [-0.05, 0) is 24.8 Å². The second-order valence-electron chi connectivity index (χ2n) is 4.86. The Kier molecular flexibility index (Phi) is 5.26. The van der Waals surface area contributed by atoms with E-state index in [1.54, 1.807) is 7.11 Å². The highest BCUT2D eigenvalue weighted by Crippen LogP contribution is 2.25. The van der Waals surface area contributed by atoms with Crippen LogP contribution in [0.1, 0.15) is 31.4 Å². The Morgan fingerprint density at radius 2 is 2.22 bits per heavy atom. The van der Waals surface area contributed by atoms with E-state index in [0.717, 1.165) is 18.1 Å². The molecule has 1 fully saturated rings. The van der Waals surface area contributed by atoms with Crippen molar-refractivity contribution < 1.29 is 4.74 Å². The van der Waals surface area contributed by atoms with E-state index in [2.05, 4.69) is 10.3 Å². The molecule has 100 valence electrons. The molecule has 2 rings (SSSR count). The van der Waals surface area contributed by atoms with Gasteiger partial charge in [-0.1, -0.05) is 18.9 Å². The highest BCUT2D eigenvalue weighted by atomic mass is 35.5. The third-order valence-electron chi connectivity index (χ3n) is 3.64. The van der Waals surface area contributed by atoms with Gasteiger partial charge in [-0.2, -0.15) is 0 Å². The van der Waals surface area contributed by atoms with Gasteiger partial charge in [0.15, 0.2) is 0 Å². The molecule has 0 bridgehead atoms. The zero-order valence-corrected chi connectivity index (χ0v) is 11.6. The number of alkyl halides is 1. The summed E-state index contributed by atoms with van der Waals surface area (Å²) in [7, 11) is 1.64. The van der Waals surface area contributed by atoms with E-state index < -0.39 is 0 Å². The highest BCUT2D eigenvalue weighted by molar-refractivity contribution is 6.18. The summed E-state index contributed by atoms with van der Waals surface area (Å²) in [6.07, 6.45) is 5.08. The minimum absolute atomic E-state index is 0.532. The Morgan fingerprint density at radius 1 is 1.39 bits per heavy atom. The molecule has 2 unspecified atom stereocenters. The molecule has 0 spiro atoms. The van der Waals surface area contributed by atoms with Crippen LogP contribution in [0.15, 0.2) is 18.2 Å². The summed E-state index contributed by atoms with van der Waals surface area (Å²) in [5, 5.41) is 3.59. The molecular formula is C14H21ClN2O. The molecule has 1 saturated carbocycles. The molecule has 1 aliphatic carbocycles. The van der Waals surface area contributed by atoms with Crippen molar-refractivity contribution in [1.29, 1.82) is 0 Å². The SMILES string of the molecule is COc1cccc(CNC2CCCCC2CCl)n1. The first-order valence-corrected chi connectivity index (χ1v) is 7.16. The lowest BCUT2D eigenvalue weighted by Gasteiger charge is -2.30. The summed E-state index contributed by atoms with van der Waals surface area (Å²) in [6, 6.07) is 6.40. The van der Waals surface area contributed by atoms with E-state index >= 15 is 0 Å². The van der Waals surface area contributed by atoms with Crippen molar-refractivity contribution in [2.75, 3.05) is 13.0 Å². The average molecular weight is 269 g/mol. The van der Waals surface area contributed by atoms with E-state index in [4.69, 9.17) is 16.3 Å². The number of pyridine rings is 1. The quantitative estimate of drug-likeness (QED) is 0.834. The molecule has 0 aromatic carbocycles. The number of aromatic nitrogens is 1. The van der Waals surface area contributed by atoms with Crippen LogP contribution in [-0.4, -0.2) is 24.0 Å². The molecule has 18 heavy (non-hydrogen) atoms. The highest BCUT2D eigenvalue weighted by Gasteiger charge is 2.23. The molecule has 1 aromatic rings. The first-order chi connectivity index (χ1) is 8.83. The Balaban J connectivity index is 1.89. The maximum atomic E-state index is 6.03. The fraction of sp³-hybridized carbons (Fsp3) is 0.643. The van der Waals surface area contributed by atoms with E-state index in [1.165, 1.54) is 25.7 Å². The molecule has 1 aliphatic rings. The first kappa shape index (κ1) is 13.6. The predicted molar refractivity (Wildman–Crippen MR) is 74.1 cm³/mol. The smallest absolute Gasteiger partial charge is 0.213 e. The molecule has 3 nitrogen and oxygen atoms in total. The minimum atomic E-state index is 0.532. The maximum Gasteiger partial charge on any atom is 0.213 e. The van der Waals surface area contributed by atoms with Gasteiger partial charge in [0.05, 0.1) is 12.8 Å². The summed E-state index contributed by atoms with van der Waals surface area (Å²) < 4.78 is 5.13. The number of methoxy groups -OCH3 is 1. The molecule has 0 amide bonds. The summed E-state index contributed by atoms with van der Waals surface area (Å²) in [5.74, 6) is 2.03. The molecule has 4 heteroatoms.